The molecule has 3 rings (SSSR count). The molecule has 0 spiro atoms. The van der Waals surface area contributed by atoms with Gasteiger partial charge in [-0.3, -0.25) is 23.5 Å². The van der Waals surface area contributed by atoms with Crippen LogP contribution >= 0.6 is 31.9 Å². The lowest BCUT2D eigenvalue weighted by atomic mass is 9.97. The van der Waals surface area contributed by atoms with Gasteiger partial charge in [-0.25, -0.2) is 22.3 Å². The Morgan fingerprint density at radius 2 is 1.59 bits per heavy atom. The third-order valence-corrected chi connectivity index (χ3v) is 9.13. The third kappa shape index (κ3) is 8.87. The van der Waals surface area contributed by atoms with E-state index in [1.807, 2.05) is 0 Å². The number of urea groups is 1. The largest absolute Gasteiger partial charge is 0.438 e. The minimum atomic E-state index is -4.63. The molecule has 1 heterocycles. The maximum atomic E-state index is 14.4. The molecule has 1 N–H and O–H groups in total. The average molecular weight is 721 g/mol. The summed E-state index contributed by atoms with van der Waals surface area (Å²) in [6.07, 6.45) is 0.395. The van der Waals surface area contributed by atoms with Crippen molar-refractivity contribution in [3.8, 4) is 0 Å². The highest BCUT2D eigenvalue weighted by molar-refractivity contribution is 7.92. The van der Waals surface area contributed by atoms with Gasteiger partial charge in [0.25, 0.3) is 10.0 Å². The number of ether oxygens (including phenoxy) is 3. The molecule has 1 unspecified atom stereocenters. The summed E-state index contributed by atoms with van der Waals surface area (Å²) in [5, 5.41) is 2.60. The summed E-state index contributed by atoms with van der Waals surface area (Å²) < 4.78 is 63.2. The maximum absolute atomic E-state index is 14.4. The number of fused-ring (bicyclic) bond motifs is 1. The van der Waals surface area contributed by atoms with Crippen LogP contribution in [0.25, 0.3) is 0 Å². The van der Waals surface area contributed by atoms with Crippen molar-refractivity contribution in [3.63, 3.8) is 0 Å². The van der Waals surface area contributed by atoms with Gasteiger partial charge >= 0.3 is 32.6 Å². The molecule has 0 aromatic heterocycles. The Balaban J connectivity index is 2.21. The van der Waals surface area contributed by atoms with Crippen LogP contribution in [0.3, 0.4) is 0 Å². The molecule has 0 aliphatic carbocycles. The molecular weight excluding hydrogens is 684 g/mol. The van der Waals surface area contributed by atoms with E-state index in [9.17, 15) is 27.4 Å². The minimum Gasteiger partial charge on any atom is -0.438 e. The highest BCUT2D eigenvalue weighted by Gasteiger charge is 2.47. The summed E-state index contributed by atoms with van der Waals surface area (Å²) >= 11 is 12.3. The first-order valence-corrected chi connectivity index (χ1v) is 16.8. The third-order valence-electron chi connectivity index (χ3n) is 6.59. The van der Waals surface area contributed by atoms with Gasteiger partial charge in [0.15, 0.2) is 6.79 Å². The Hall–Kier alpha value is -3.00. The van der Waals surface area contributed by atoms with Crippen LogP contribution in [-0.4, -0.2) is 59.3 Å². The molecule has 1 aliphatic heterocycles. The van der Waals surface area contributed by atoms with Crippen LogP contribution in [0.15, 0.2) is 41.3 Å². The van der Waals surface area contributed by atoms with Gasteiger partial charge in [-0.15, -0.1) is 0 Å². The predicted octanol–water partition coefficient (Wildman–Crippen LogP) is 5.92. The number of hydrogen-bond donors (Lipinski definition) is 1. The Morgan fingerprint density at radius 1 is 0.978 bits per heavy atom. The van der Waals surface area contributed by atoms with Gasteiger partial charge in [-0.2, -0.15) is 0 Å². The number of esters is 2. The molecule has 2 aromatic rings. The zero-order chi connectivity index (χ0) is 34.7. The van der Waals surface area contributed by atoms with Crippen LogP contribution in [0.2, 0.25) is 10.0 Å². The molecule has 1 aliphatic rings. The molecule has 252 valence electrons. The van der Waals surface area contributed by atoms with Crippen molar-refractivity contribution < 1.29 is 46.1 Å². The van der Waals surface area contributed by atoms with E-state index in [0.717, 1.165) is 16.4 Å². The zero-order valence-corrected chi connectivity index (χ0v) is 29.6. The normalized spacial score (nSPS) is 14.8. The summed E-state index contributed by atoms with van der Waals surface area (Å²) in [7, 11) is -4.20. The monoisotopic (exact) mass is 719 g/mol. The summed E-state index contributed by atoms with van der Waals surface area (Å²) in [6.45, 7) is 7.88. The second kappa shape index (κ2) is 14.4. The van der Waals surface area contributed by atoms with Crippen molar-refractivity contribution in [1.82, 2.24) is 5.32 Å². The highest BCUT2D eigenvalue weighted by atomic mass is 35.5. The topological polar surface area (TPSA) is 158 Å². The van der Waals surface area contributed by atoms with Crippen LogP contribution in [-0.2, 0) is 49.3 Å². The minimum absolute atomic E-state index is 0.0197. The lowest BCUT2D eigenvalue weighted by molar-refractivity contribution is -0.338. The van der Waals surface area contributed by atoms with Gasteiger partial charge < -0.3 is 14.8 Å². The molecule has 2 amide bonds. The van der Waals surface area contributed by atoms with Crippen molar-refractivity contribution in [1.29, 1.82) is 0 Å². The first kappa shape index (κ1) is 37.5. The first-order chi connectivity index (χ1) is 21.2. The second-order valence-electron chi connectivity index (χ2n) is 12.3. The molecule has 0 saturated carbocycles. The number of anilines is 2. The Morgan fingerprint density at radius 3 is 2.13 bits per heavy atom. The smallest absolute Gasteiger partial charge is 0.362 e. The van der Waals surface area contributed by atoms with Crippen LogP contribution in [0.1, 0.15) is 47.1 Å². The summed E-state index contributed by atoms with van der Waals surface area (Å²) in [5.74, 6) is -4.33. The Kier molecular flexibility index (Phi) is 11.7. The van der Waals surface area contributed by atoms with E-state index in [4.69, 9.17) is 41.9 Å². The van der Waals surface area contributed by atoms with E-state index in [1.54, 1.807) is 26.8 Å². The fourth-order valence-electron chi connectivity index (χ4n) is 4.11. The molecular formula is C29H36Cl2N3O10PS. The first-order valence-electron chi connectivity index (χ1n) is 13.9. The predicted molar refractivity (Wildman–Crippen MR) is 171 cm³/mol. The van der Waals surface area contributed by atoms with Crippen LogP contribution in [0.4, 0.5) is 16.2 Å². The molecule has 13 nitrogen and oxygen atoms in total. The van der Waals surface area contributed by atoms with E-state index in [1.165, 1.54) is 50.9 Å². The van der Waals surface area contributed by atoms with E-state index < -0.39 is 60.8 Å². The maximum Gasteiger partial charge on any atom is 0.362 e. The number of hydrogen-bond acceptors (Lipinski definition) is 10. The molecule has 1 atom stereocenters. The number of rotatable bonds is 11. The van der Waals surface area contributed by atoms with Gasteiger partial charge in [0, 0.05) is 29.3 Å². The number of sulfonamides is 1. The fourth-order valence-corrected chi connectivity index (χ4v) is 6.55. The quantitative estimate of drug-likeness (QED) is 0.168. The zero-order valence-electron chi connectivity index (χ0n) is 26.4. The van der Waals surface area contributed by atoms with Gasteiger partial charge in [0.05, 0.1) is 21.4 Å². The molecule has 2 aromatic carbocycles. The number of nitrogens with one attached hydrogen (secondary N) is 1. The van der Waals surface area contributed by atoms with Crippen LogP contribution < -0.4 is 14.5 Å². The Labute approximate surface area is 279 Å². The molecule has 0 radical (unpaired) electrons. The number of carbonyl (C=O) groups is 3. The summed E-state index contributed by atoms with van der Waals surface area (Å²) in [5.41, 5.74) is -0.894. The van der Waals surface area contributed by atoms with E-state index in [2.05, 4.69) is 5.32 Å². The van der Waals surface area contributed by atoms with Gasteiger partial charge in [0.2, 0.25) is 0 Å². The molecule has 0 bridgehead atoms. The average Bonchev–Trinajstić information content (AvgIpc) is 3.37. The number of carbonyl (C=O) groups excluding carboxylic acids is 3. The molecule has 46 heavy (non-hydrogen) atoms. The van der Waals surface area contributed by atoms with Gasteiger partial charge in [-0.1, -0.05) is 23.2 Å². The standard InChI is InChI=1S/C29H36Cl2N3O10PS/c1-27(2,3)24(35)41-17-42-29(44-45-38,43-25(36)28(4,5)6)16-34(46(39,40)22-14-19(30)13-20(31)15-22)21-8-9-23-18(12-21)10-11-33(23)26(37)32-7/h8-9,12-15H,10-11,16-17H2,1-7H3,(H,32,37). The van der Waals surface area contributed by atoms with E-state index >= 15 is 0 Å². The van der Waals surface area contributed by atoms with Crippen molar-refractivity contribution in [2.45, 2.75) is 58.8 Å². The lowest BCUT2D eigenvalue weighted by Crippen LogP contribution is -2.52. The highest BCUT2D eigenvalue weighted by Crippen LogP contribution is 2.37. The van der Waals surface area contributed by atoms with Gasteiger partial charge in [0.1, 0.15) is 6.54 Å². The number of halogens is 2. The van der Waals surface area contributed by atoms with Crippen molar-refractivity contribution >= 4 is 71.3 Å². The van der Waals surface area contributed by atoms with E-state index in [-0.39, 0.29) is 26.7 Å². The number of amides is 2. The van der Waals surface area contributed by atoms with Gasteiger partial charge in [-0.05, 0) is 89.9 Å². The van der Waals surface area contributed by atoms with Crippen molar-refractivity contribution in [2.75, 3.05) is 36.1 Å². The SMILES string of the molecule is CNC(=O)N1CCc2cc(N(CC(OCOC(=O)C(C)(C)C)(OP=O)OC(=O)C(C)(C)C)S(=O)(=O)c3cc(Cl)cc(Cl)c3)ccc21. The number of nitrogens with zero attached hydrogens (tertiary/aromatic N) is 2. The summed E-state index contributed by atoms with van der Waals surface area (Å²) in [4.78, 5) is 39.2. The lowest BCUT2D eigenvalue weighted by Gasteiger charge is -2.36. The fraction of sp³-hybridized carbons (Fsp3) is 0.483. The molecule has 17 heteroatoms. The summed E-state index contributed by atoms with van der Waals surface area (Å²) in [6, 6.07) is 7.84. The Bertz CT molecular complexity index is 1590. The number of benzene rings is 2. The van der Waals surface area contributed by atoms with Crippen molar-refractivity contribution in [2.24, 2.45) is 10.8 Å². The molecule has 0 saturated heterocycles. The van der Waals surface area contributed by atoms with E-state index in [0.29, 0.717) is 24.2 Å². The second-order valence-corrected chi connectivity index (χ2v) is 15.4. The molecule has 0 fully saturated rings. The van der Waals surface area contributed by atoms with Crippen LogP contribution in [0, 0.1) is 10.8 Å². The van der Waals surface area contributed by atoms with Crippen LogP contribution in [0.5, 0.6) is 0 Å². The van der Waals surface area contributed by atoms with Crippen molar-refractivity contribution in [3.05, 3.63) is 52.0 Å².